The number of fused-ring (bicyclic) bond motifs is 1. The van der Waals surface area contributed by atoms with Gasteiger partial charge in [0.1, 0.15) is 0 Å². The van der Waals surface area contributed by atoms with Crippen molar-refractivity contribution in [3.63, 3.8) is 0 Å². The van der Waals surface area contributed by atoms with Crippen LogP contribution in [0.4, 0.5) is 4.79 Å². The van der Waals surface area contributed by atoms with Gasteiger partial charge in [0, 0.05) is 18.8 Å². The van der Waals surface area contributed by atoms with Crippen molar-refractivity contribution >= 4 is 6.03 Å². The van der Waals surface area contributed by atoms with Crippen LogP contribution in [0.5, 0.6) is 0 Å². The van der Waals surface area contributed by atoms with Crippen LogP contribution in [-0.2, 0) is 19.4 Å². The van der Waals surface area contributed by atoms with Gasteiger partial charge in [-0.15, -0.1) is 0 Å². The fourth-order valence-electron chi connectivity index (χ4n) is 2.35. The Bertz CT molecular complexity index is 459. The number of pyridine rings is 1. The maximum atomic E-state index is 11.6. The molecular weight excluding hydrogens is 252 g/mol. The minimum Gasteiger partial charge on any atom is -0.337 e. The van der Waals surface area contributed by atoms with Crippen LogP contribution < -0.4 is 10.6 Å². The molecule has 0 aliphatic heterocycles. The highest BCUT2D eigenvalue weighted by Crippen LogP contribution is 2.19. The largest absolute Gasteiger partial charge is 0.337 e. The Kier molecular flexibility index (Phi) is 5.35. The van der Waals surface area contributed by atoms with Gasteiger partial charge in [-0.05, 0) is 51.4 Å². The summed E-state index contributed by atoms with van der Waals surface area (Å²) in [6, 6.07) is 4.04. The van der Waals surface area contributed by atoms with E-state index in [9.17, 15) is 4.79 Å². The summed E-state index contributed by atoms with van der Waals surface area (Å²) in [6.07, 6.45) is 4.70. The smallest absolute Gasteiger partial charge is 0.315 e. The molecule has 0 unspecified atom stereocenters. The fraction of sp³-hybridized carbons (Fsp3) is 0.600. The maximum Gasteiger partial charge on any atom is 0.315 e. The molecule has 0 saturated carbocycles. The summed E-state index contributed by atoms with van der Waals surface area (Å²) in [5, 5.41) is 5.68. The Morgan fingerprint density at radius 2 is 2.05 bits per heavy atom. The van der Waals surface area contributed by atoms with Gasteiger partial charge < -0.3 is 15.5 Å². The summed E-state index contributed by atoms with van der Waals surface area (Å²) in [5.41, 5.74) is 3.52. The zero-order chi connectivity index (χ0) is 14.4. The molecule has 1 aliphatic carbocycles. The molecule has 20 heavy (non-hydrogen) atoms. The van der Waals surface area contributed by atoms with E-state index >= 15 is 0 Å². The Morgan fingerprint density at radius 3 is 2.85 bits per heavy atom. The Morgan fingerprint density at radius 1 is 1.25 bits per heavy atom. The summed E-state index contributed by atoms with van der Waals surface area (Å²) in [4.78, 5) is 18.3. The summed E-state index contributed by atoms with van der Waals surface area (Å²) < 4.78 is 0. The summed E-state index contributed by atoms with van der Waals surface area (Å²) in [5.74, 6) is 0. The number of carbonyl (C=O) groups excluding carboxylic acids is 1. The number of carbonyl (C=O) groups is 1. The van der Waals surface area contributed by atoms with Gasteiger partial charge in [-0.1, -0.05) is 6.07 Å². The van der Waals surface area contributed by atoms with Gasteiger partial charge >= 0.3 is 6.03 Å². The highest BCUT2D eigenvalue weighted by molar-refractivity contribution is 5.73. The van der Waals surface area contributed by atoms with E-state index in [2.05, 4.69) is 21.7 Å². The topological polar surface area (TPSA) is 57.3 Å². The zero-order valence-corrected chi connectivity index (χ0v) is 12.4. The molecule has 1 aromatic heterocycles. The van der Waals surface area contributed by atoms with Crippen LogP contribution in [0.3, 0.4) is 0 Å². The van der Waals surface area contributed by atoms with Crippen LogP contribution >= 0.6 is 0 Å². The monoisotopic (exact) mass is 276 g/mol. The minimum absolute atomic E-state index is 0.133. The third-order valence-electron chi connectivity index (χ3n) is 3.51. The number of urea groups is 1. The highest BCUT2D eigenvalue weighted by Gasteiger charge is 2.11. The SMILES string of the molecule is CN(C)CCNC(=O)NCc1ccc2c(n1)CCCC2. The molecule has 2 N–H and O–H groups in total. The third kappa shape index (κ3) is 4.49. The summed E-state index contributed by atoms with van der Waals surface area (Å²) in [7, 11) is 3.97. The molecule has 0 spiro atoms. The van der Waals surface area contributed by atoms with Crippen LogP contribution in [0.2, 0.25) is 0 Å². The molecular formula is C15H24N4O. The number of aromatic nitrogens is 1. The minimum atomic E-state index is -0.133. The first-order chi connectivity index (χ1) is 9.65. The van der Waals surface area contributed by atoms with Crippen LogP contribution in [0, 0.1) is 0 Å². The van der Waals surface area contributed by atoms with Crippen LogP contribution in [0.25, 0.3) is 0 Å². The van der Waals surface area contributed by atoms with Crippen LogP contribution in [0.15, 0.2) is 12.1 Å². The van der Waals surface area contributed by atoms with E-state index in [1.165, 1.54) is 24.1 Å². The van der Waals surface area contributed by atoms with Crippen molar-refractivity contribution < 1.29 is 4.79 Å². The lowest BCUT2D eigenvalue weighted by atomic mass is 9.96. The predicted octanol–water partition coefficient (Wildman–Crippen LogP) is 1.32. The number of hydrogen-bond acceptors (Lipinski definition) is 3. The standard InChI is InChI=1S/C15H24N4O/c1-19(2)10-9-16-15(20)17-11-13-8-7-12-5-3-4-6-14(12)18-13/h7-8H,3-6,9-11H2,1-2H3,(H2,16,17,20). The second-order valence-electron chi connectivity index (χ2n) is 5.53. The van der Waals surface area contributed by atoms with E-state index in [0.29, 0.717) is 13.1 Å². The Balaban J connectivity index is 1.77. The Labute approximate surface area is 120 Å². The van der Waals surface area contributed by atoms with Crippen molar-refractivity contribution in [3.05, 3.63) is 29.1 Å². The van der Waals surface area contributed by atoms with Gasteiger partial charge in [0.05, 0.1) is 12.2 Å². The molecule has 0 bridgehead atoms. The van der Waals surface area contributed by atoms with Crippen molar-refractivity contribution in [1.82, 2.24) is 20.5 Å². The first-order valence-electron chi connectivity index (χ1n) is 7.29. The summed E-state index contributed by atoms with van der Waals surface area (Å²) in [6.45, 7) is 1.97. The second kappa shape index (κ2) is 7.24. The van der Waals surface area contributed by atoms with Gasteiger partial charge in [-0.25, -0.2) is 4.79 Å². The number of hydrogen-bond donors (Lipinski definition) is 2. The molecule has 5 nitrogen and oxygen atoms in total. The lowest BCUT2D eigenvalue weighted by molar-refractivity contribution is 0.239. The average Bonchev–Trinajstić information content (AvgIpc) is 2.44. The van der Waals surface area contributed by atoms with E-state index in [0.717, 1.165) is 25.1 Å². The van der Waals surface area contributed by atoms with E-state index in [-0.39, 0.29) is 6.03 Å². The van der Waals surface area contributed by atoms with E-state index in [1.807, 2.05) is 25.1 Å². The average molecular weight is 276 g/mol. The molecule has 2 rings (SSSR count). The zero-order valence-electron chi connectivity index (χ0n) is 12.4. The number of aryl methyl sites for hydroxylation is 2. The lowest BCUT2D eigenvalue weighted by Gasteiger charge is -2.16. The number of rotatable bonds is 5. The molecule has 0 radical (unpaired) electrons. The number of nitrogens with one attached hydrogen (secondary N) is 2. The van der Waals surface area contributed by atoms with Gasteiger partial charge in [-0.3, -0.25) is 4.98 Å². The van der Waals surface area contributed by atoms with Gasteiger partial charge in [0.2, 0.25) is 0 Å². The van der Waals surface area contributed by atoms with Gasteiger partial charge in [-0.2, -0.15) is 0 Å². The first-order valence-corrected chi connectivity index (χ1v) is 7.29. The Hall–Kier alpha value is -1.62. The lowest BCUT2D eigenvalue weighted by Crippen LogP contribution is -2.38. The molecule has 110 valence electrons. The molecule has 0 fully saturated rings. The van der Waals surface area contributed by atoms with Crippen molar-refractivity contribution in [1.29, 1.82) is 0 Å². The van der Waals surface area contributed by atoms with Gasteiger partial charge in [0.25, 0.3) is 0 Å². The molecule has 5 heteroatoms. The van der Waals surface area contributed by atoms with E-state index in [4.69, 9.17) is 0 Å². The predicted molar refractivity (Wildman–Crippen MR) is 79.7 cm³/mol. The molecule has 1 aromatic rings. The van der Waals surface area contributed by atoms with Crippen molar-refractivity contribution in [2.24, 2.45) is 0 Å². The van der Waals surface area contributed by atoms with Gasteiger partial charge in [0.15, 0.2) is 0 Å². The van der Waals surface area contributed by atoms with Crippen molar-refractivity contribution in [3.8, 4) is 0 Å². The molecule has 1 heterocycles. The second-order valence-corrected chi connectivity index (χ2v) is 5.53. The third-order valence-corrected chi connectivity index (χ3v) is 3.51. The number of likely N-dealkylation sites (N-methyl/N-ethyl adjacent to an activating group) is 1. The first kappa shape index (κ1) is 14.8. The summed E-state index contributed by atoms with van der Waals surface area (Å²) >= 11 is 0. The van der Waals surface area contributed by atoms with Crippen molar-refractivity contribution in [2.75, 3.05) is 27.2 Å². The van der Waals surface area contributed by atoms with Crippen LogP contribution in [0.1, 0.15) is 29.8 Å². The quantitative estimate of drug-likeness (QED) is 0.853. The van der Waals surface area contributed by atoms with E-state index < -0.39 is 0 Å². The molecule has 0 saturated heterocycles. The molecule has 0 aromatic carbocycles. The fourth-order valence-corrected chi connectivity index (χ4v) is 2.35. The highest BCUT2D eigenvalue weighted by atomic mass is 16.2. The maximum absolute atomic E-state index is 11.6. The molecule has 0 atom stereocenters. The molecule has 1 aliphatic rings. The normalized spacial score (nSPS) is 13.9. The van der Waals surface area contributed by atoms with E-state index in [1.54, 1.807) is 0 Å². The van der Waals surface area contributed by atoms with Crippen LogP contribution in [-0.4, -0.2) is 43.1 Å². The van der Waals surface area contributed by atoms with Crippen molar-refractivity contribution in [2.45, 2.75) is 32.2 Å². The molecule has 2 amide bonds. The number of nitrogens with zero attached hydrogens (tertiary/aromatic N) is 2. The number of amides is 2.